The van der Waals surface area contributed by atoms with Crippen molar-refractivity contribution >= 4 is 47.7 Å². The molecule has 30 heavy (non-hydrogen) atoms. The second-order valence-electron chi connectivity index (χ2n) is 4.78. The third-order valence-corrected chi connectivity index (χ3v) is 3.55. The molecule has 0 aromatic rings. The minimum Gasteiger partial charge on any atom is -0.666 e. The number of β-lactam (4-membered cyclic amide) rings is 4. The van der Waals surface area contributed by atoms with Crippen LogP contribution in [0.1, 0.15) is 7.43 Å². The minimum absolute atomic E-state index is 0. The molecule has 0 aromatic heterocycles. The first-order valence-corrected chi connectivity index (χ1v) is 6.27. The van der Waals surface area contributed by atoms with Gasteiger partial charge in [-0.2, -0.15) is 0 Å². The van der Waals surface area contributed by atoms with Gasteiger partial charge in [-0.15, -0.1) is 0 Å². The Labute approximate surface area is 223 Å². The van der Waals surface area contributed by atoms with Gasteiger partial charge < -0.3 is 55.5 Å². The van der Waals surface area contributed by atoms with E-state index in [0.29, 0.717) is 0 Å². The predicted molar refractivity (Wildman–Crippen MR) is 92.7 cm³/mol. The standard InChI is InChI=1S/C6H8N2O5.C6H4N2O4.CH4.2CH3.2Y/c1-8-4(11)6(2-9,3(7)10)5(12)13;1-8-4(11)6(5(8)12)2(9)7-3(6)10;;;;;/h2H,1H3,(H4,7,8,10,11,12,13);1H3,(H,7,9,10);1H4;2*1H3;;/q;;;2*-1;;/p-2. The number of hydrogen-bond donors (Lipinski definition) is 2. The Kier molecular flexibility index (Phi) is 18.0. The number of nitrogens with one attached hydrogen (secondary N) is 2. The molecule has 2 heterocycles. The van der Waals surface area contributed by atoms with E-state index in [2.05, 4.69) is 5.32 Å². The summed E-state index contributed by atoms with van der Waals surface area (Å²) in [5.74, 6) is -8.44. The van der Waals surface area contributed by atoms with Crippen LogP contribution in [0.15, 0.2) is 0 Å². The fraction of sp³-hybridized carbons (Fsp3) is 0.333. The second kappa shape index (κ2) is 13.8. The number of carbonyl (C=O) groups excluding carboxylic acids is 7. The number of carbonyl (C=O) groups is 8. The van der Waals surface area contributed by atoms with Crippen LogP contribution in [0.4, 0.5) is 0 Å². The minimum atomic E-state index is -2.94. The summed E-state index contributed by atoms with van der Waals surface area (Å²) in [5.41, 5.74) is 1.55. The van der Waals surface area contributed by atoms with Crippen molar-refractivity contribution in [2.24, 2.45) is 10.8 Å². The summed E-state index contributed by atoms with van der Waals surface area (Å²) < 4.78 is 0. The number of amides is 6. The summed E-state index contributed by atoms with van der Waals surface area (Å²) in [4.78, 5) is 86.5. The summed E-state index contributed by atoms with van der Waals surface area (Å²) in [5, 5.41) is 13.2. The Morgan fingerprint density at radius 3 is 1.60 bits per heavy atom. The molecule has 164 valence electrons. The molecule has 1 unspecified atom stereocenters. The first-order chi connectivity index (χ1) is 11.5. The summed E-state index contributed by atoms with van der Waals surface area (Å²) in [6.07, 6.45) is -0.358. The van der Waals surface area contributed by atoms with Crippen LogP contribution < -0.4 is 5.32 Å². The Morgan fingerprint density at radius 2 is 1.47 bits per heavy atom. The van der Waals surface area contributed by atoms with Crippen molar-refractivity contribution in [1.29, 1.82) is 0 Å². The molecule has 1 atom stereocenters. The second-order valence-corrected chi connectivity index (χ2v) is 4.78. The van der Waals surface area contributed by atoms with Crippen molar-refractivity contribution in [1.82, 2.24) is 10.2 Å². The summed E-state index contributed by atoms with van der Waals surface area (Å²) in [7, 11) is 2.28. The Morgan fingerprint density at radius 1 is 1.10 bits per heavy atom. The molecule has 0 bridgehead atoms. The zero-order valence-corrected chi connectivity index (χ0v) is 21.5. The van der Waals surface area contributed by atoms with Crippen molar-refractivity contribution in [3.8, 4) is 0 Å². The van der Waals surface area contributed by atoms with Crippen molar-refractivity contribution in [3.05, 3.63) is 25.9 Å². The van der Waals surface area contributed by atoms with Crippen LogP contribution >= 0.6 is 0 Å². The number of nitrogens with zero attached hydrogens (tertiary/aromatic N) is 2. The molecule has 3 N–H and O–H groups in total. The molecule has 2 radical (unpaired) electrons. The van der Waals surface area contributed by atoms with E-state index in [-0.39, 0.29) is 94.0 Å². The van der Waals surface area contributed by atoms with Gasteiger partial charge in [-0.1, -0.05) is 7.43 Å². The van der Waals surface area contributed by atoms with E-state index in [0.717, 1.165) is 11.9 Å². The van der Waals surface area contributed by atoms with Crippen molar-refractivity contribution in [3.63, 3.8) is 0 Å². The van der Waals surface area contributed by atoms with E-state index >= 15 is 0 Å². The number of hydrogen-bond acceptors (Lipinski definition) is 8. The van der Waals surface area contributed by atoms with Crippen molar-refractivity contribution in [2.75, 3.05) is 14.1 Å². The maximum atomic E-state index is 11.0. The normalized spacial score (nSPS) is 16.1. The van der Waals surface area contributed by atoms with E-state index in [4.69, 9.17) is 10.8 Å². The molecule has 6 amide bonds. The van der Waals surface area contributed by atoms with E-state index in [9.17, 15) is 38.4 Å². The molecule has 0 saturated carbocycles. The number of aliphatic carboxylic acids is 1. The van der Waals surface area contributed by atoms with Crippen molar-refractivity contribution < 1.29 is 109 Å². The first-order valence-electron chi connectivity index (χ1n) is 6.27. The maximum absolute atomic E-state index is 11.0. The summed E-state index contributed by atoms with van der Waals surface area (Å²) in [6, 6.07) is 0. The fourth-order valence-electron chi connectivity index (χ4n) is 1.95. The number of imide groups is 2. The Bertz CT molecular complexity index is 708. The molecule has 1 spiro atoms. The van der Waals surface area contributed by atoms with E-state index in [1.807, 2.05) is 5.32 Å². The summed E-state index contributed by atoms with van der Waals surface area (Å²) in [6.45, 7) is 0. The monoisotopic (exact) mass is 578 g/mol. The van der Waals surface area contributed by atoms with Crippen LogP contribution in [0.25, 0.3) is 11.1 Å². The smallest absolute Gasteiger partial charge is 0.332 e. The van der Waals surface area contributed by atoms with Gasteiger partial charge >= 0.3 is 5.97 Å². The topological polar surface area (TPSA) is 210 Å². The Hall–Kier alpha value is -1.43. The largest absolute Gasteiger partial charge is 0.666 e. The molecule has 2 aliphatic heterocycles. The fourth-order valence-corrected chi connectivity index (χ4v) is 1.95. The van der Waals surface area contributed by atoms with E-state index in [1.165, 1.54) is 7.05 Å². The first kappa shape index (κ1) is 39.1. The van der Waals surface area contributed by atoms with Crippen LogP contribution in [0.3, 0.4) is 0 Å². The number of carboxylic acids is 1. The molecule has 2 fully saturated rings. The third-order valence-electron chi connectivity index (χ3n) is 3.55. The molecule has 13 nitrogen and oxygen atoms in total. The molecule has 0 aliphatic carbocycles. The molecule has 0 aromatic carbocycles. The predicted octanol–water partition coefficient (Wildman–Crippen LogP) is -1.48. The van der Waals surface area contributed by atoms with Gasteiger partial charge in [0.15, 0.2) is 6.29 Å². The van der Waals surface area contributed by atoms with Gasteiger partial charge in [0, 0.05) is 79.5 Å². The van der Waals surface area contributed by atoms with Gasteiger partial charge in [0.05, 0.1) is 17.7 Å². The third kappa shape index (κ3) is 5.24. The number of likely N-dealkylation sites (tertiary alicyclic amines) is 1. The van der Waals surface area contributed by atoms with E-state index < -0.39 is 52.2 Å². The zero-order valence-electron chi connectivity index (χ0n) is 15.8. The van der Waals surface area contributed by atoms with Gasteiger partial charge in [-0.3, -0.25) is 24.1 Å². The molecular weight excluding hydrogens is 558 g/mol. The van der Waals surface area contributed by atoms with Gasteiger partial charge in [0.25, 0.3) is 17.7 Å². The quantitative estimate of drug-likeness (QED) is 0.172. The number of rotatable bonds is 4. The van der Waals surface area contributed by atoms with Crippen LogP contribution in [0.5, 0.6) is 0 Å². The average molecular weight is 578 g/mol. The summed E-state index contributed by atoms with van der Waals surface area (Å²) >= 11 is 0. The van der Waals surface area contributed by atoms with Gasteiger partial charge in [0.1, 0.15) is 0 Å². The number of aldehydes is 1. The van der Waals surface area contributed by atoms with Gasteiger partial charge in [-0.05, 0) is 0 Å². The van der Waals surface area contributed by atoms with Crippen LogP contribution in [-0.2, 0) is 104 Å². The van der Waals surface area contributed by atoms with Crippen LogP contribution in [-0.4, -0.2) is 71.8 Å². The molecule has 15 heteroatoms. The zero-order chi connectivity index (χ0) is 19.7. The van der Waals surface area contributed by atoms with Gasteiger partial charge in [-0.25, -0.2) is 0 Å². The SMILES string of the molecule is C.CN1C(=O)C2(C(=O)[N-]C2=O)C1=O.CNC(=O)C(C=O)(C([NH-])=O)C(=O)O.[CH3-].[CH3-].[Y].[Y]. The molecular formula is C15H20N4O9Y2-4. The number of carboxylic acid groups (broad SMARTS) is 1. The Balaban J connectivity index is -0.000000119. The van der Waals surface area contributed by atoms with Crippen LogP contribution in [0, 0.1) is 25.7 Å². The average Bonchev–Trinajstić information content (AvgIpc) is 2.55. The van der Waals surface area contributed by atoms with Crippen molar-refractivity contribution in [2.45, 2.75) is 7.43 Å². The van der Waals surface area contributed by atoms with Crippen LogP contribution in [0.2, 0.25) is 0 Å². The molecule has 2 aliphatic rings. The molecule has 2 rings (SSSR count). The molecule has 2 saturated heterocycles. The van der Waals surface area contributed by atoms with E-state index in [1.54, 1.807) is 0 Å². The van der Waals surface area contributed by atoms with Gasteiger partial charge in [0.2, 0.25) is 10.8 Å². The maximum Gasteiger partial charge on any atom is 0.332 e.